The lowest BCUT2D eigenvalue weighted by molar-refractivity contribution is -0.917. The highest BCUT2D eigenvalue weighted by Gasteiger charge is 2.34. The minimum Gasteiger partial charge on any atom is -0.486 e. The van der Waals surface area contributed by atoms with Crippen LogP contribution in [0.1, 0.15) is 20.8 Å². The third-order valence-corrected chi connectivity index (χ3v) is 7.10. The summed E-state index contributed by atoms with van der Waals surface area (Å²) < 4.78 is 38.5. The largest absolute Gasteiger partial charge is 0.486 e. The van der Waals surface area contributed by atoms with Gasteiger partial charge in [-0.3, -0.25) is 4.79 Å². The number of fused-ring (bicyclic) bond motifs is 1. The molecular weight excluding hydrogens is 382 g/mol. The molecule has 1 saturated heterocycles. The lowest BCUT2D eigenvalue weighted by Gasteiger charge is -2.34. The number of rotatable bonds is 6. The van der Waals surface area contributed by atoms with Crippen molar-refractivity contribution in [3.05, 3.63) is 18.2 Å². The Morgan fingerprint density at radius 2 is 1.79 bits per heavy atom. The molecule has 0 bridgehead atoms. The highest BCUT2D eigenvalue weighted by molar-refractivity contribution is 7.89. The van der Waals surface area contributed by atoms with Gasteiger partial charge >= 0.3 is 0 Å². The molecule has 2 aliphatic heterocycles. The molecule has 1 aromatic carbocycles. The standard InChI is InChI=1S/C19H29N3O5S/c1-14(2)13-20-19(23)15(3)21-6-8-22(9-7-21)28(24,25)16-4-5-17-18(12-16)27-11-10-26-17/h4-5,12,14-15H,6-11,13H2,1-3H3,(H,20,23)/p+1/t15-/m0/s1. The Hall–Kier alpha value is -1.84. The Kier molecular flexibility index (Phi) is 6.47. The number of hydrogen-bond acceptors (Lipinski definition) is 5. The predicted octanol–water partition coefficient (Wildman–Crippen LogP) is -0.492. The first kappa shape index (κ1) is 20.9. The predicted molar refractivity (Wildman–Crippen MR) is 104 cm³/mol. The van der Waals surface area contributed by atoms with E-state index in [0.29, 0.717) is 63.4 Å². The lowest BCUT2D eigenvalue weighted by atomic mass is 10.2. The number of ether oxygens (including phenoxy) is 2. The van der Waals surface area contributed by atoms with Crippen LogP contribution in [-0.2, 0) is 14.8 Å². The molecule has 0 aromatic heterocycles. The van der Waals surface area contributed by atoms with Crippen LogP contribution in [0.5, 0.6) is 11.5 Å². The Morgan fingerprint density at radius 3 is 2.43 bits per heavy atom. The number of benzene rings is 1. The van der Waals surface area contributed by atoms with Crippen LogP contribution >= 0.6 is 0 Å². The SMILES string of the molecule is CC(C)CNC(=O)[C@H](C)[NH+]1CCN(S(=O)(=O)c2ccc3c(c2)OCCO3)CC1. The van der Waals surface area contributed by atoms with Crippen LogP contribution < -0.4 is 19.7 Å². The molecule has 8 nitrogen and oxygen atoms in total. The molecule has 2 N–H and O–H groups in total. The highest BCUT2D eigenvalue weighted by atomic mass is 32.2. The highest BCUT2D eigenvalue weighted by Crippen LogP contribution is 2.33. The Labute approximate surface area is 166 Å². The summed E-state index contributed by atoms with van der Waals surface area (Å²) in [7, 11) is -3.60. The molecule has 156 valence electrons. The van der Waals surface area contributed by atoms with Crippen molar-refractivity contribution in [2.75, 3.05) is 45.9 Å². The van der Waals surface area contributed by atoms with Crippen LogP contribution in [0.25, 0.3) is 0 Å². The zero-order chi connectivity index (χ0) is 20.3. The van der Waals surface area contributed by atoms with Gasteiger partial charge in [0.25, 0.3) is 5.91 Å². The summed E-state index contributed by atoms with van der Waals surface area (Å²) in [5.41, 5.74) is 0. The number of piperazine rings is 1. The summed E-state index contributed by atoms with van der Waals surface area (Å²) in [6.07, 6.45) is 0. The minimum atomic E-state index is -3.60. The molecule has 2 heterocycles. The maximum Gasteiger partial charge on any atom is 0.278 e. The normalized spacial score (nSPS) is 19.4. The second kappa shape index (κ2) is 8.67. The Morgan fingerprint density at radius 1 is 1.14 bits per heavy atom. The van der Waals surface area contributed by atoms with Gasteiger partial charge in [0, 0.05) is 12.6 Å². The third kappa shape index (κ3) is 4.59. The number of hydrogen-bond donors (Lipinski definition) is 2. The number of sulfonamides is 1. The van der Waals surface area contributed by atoms with Crippen LogP contribution in [0.4, 0.5) is 0 Å². The van der Waals surface area contributed by atoms with E-state index in [2.05, 4.69) is 19.2 Å². The zero-order valence-electron chi connectivity index (χ0n) is 16.7. The molecule has 1 amide bonds. The quantitative estimate of drug-likeness (QED) is 0.658. The fraction of sp³-hybridized carbons (Fsp3) is 0.632. The van der Waals surface area contributed by atoms with Crippen molar-refractivity contribution in [3.8, 4) is 11.5 Å². The summed E-state index contributed by atoms with van der Waals surface area (Å²) in [6, 6.07) is 4.54. The molecule has 9 heteroatoms. The lowest BCUT2D eigenvalue weighted by Crippen LogP contribution is -3.19. The van der Waals surface area contributed by atoms with Gasteiger partial charge in [0.2, 0.25) is 10.0 Å². The average Bonchev–Trinajstić information content (AvgIpc) is 2.71. The average molecular weight is 413 g/mol. The Balaban J connectivity index is 1.61. The minimum absolute atomic E-state index is 0.0202. The van der Waals surface area contributed by atoms with Gasteiger partial charge in [-0.05, 0) is 25.0 Å². The molecule has 0 unspecified atom stereocenters. The van der Waals surface area contributed by atoms with E-state index in [0.717, 1.165) is 4.90 Å². The van der Waals surface area contributed by atoms with E-state index in [1.807, 2.05) is 6.92 Å². The van der Waals surface area contributed by atoms with Crippen molar-refractivity contribution < 1.29 is 27.6 Å². The van der Waals surface area contributed by atoms with E-state index in [1.165, 1.54) is 10.4 Å². The molecular formula is C19H30N3O5S+. The van der Waals surface area contributed by atoms with Crippen LogP contribution in [0, 0.1) is 5.92 Å². The van der Waals surface area contributed by atoms with Crippen LogP contribution in [0.3, 0.4) is 0 Å². The van der Waals surface area contributed by atoms with E-state index in [-0.39, 0.29) is 16.8 Å². The van der Waals surface area contributed by atoms with Gasteiger partial charge in [-0.25, -0.2) is 8.42 Å². The number of quaternary nitrogens is 1. The van der Waals surface area contributed by atoms with Crippen molar-refractivity contribution in [3.63, 3.8) is 0 Å². The molecule has 2 aliphatic rings. The topological polar surface area (TPSA) is 89.4 Å². The summed E-state index contributed by atoms with van der Waals surface area (Å²) >= 11 is 0. The fourth-order valence-electron chi connectivity index (χ4n) is 3.42. The van der Waals surface area contributed by atoms with Crippen LogP contribution in [0.2, 0.25) is 0 Å². The van der Waals surface area contributed by atoms with Crippen molar-refractivity contribution in [1.82, 2.24) is 9.62 Å². The molecule has 0 saturated carbocycles. The first-order valence-electron chi connectivity index (χ1n) is 9.81. The number of amides is 1. The van der Waals surface area contributed by atoms with E-state index < -0.39 is 10.0 Å². The number of nitrogens with one attached hydrogen (secondary N) is 2. The summed E-state index contributed by atoms with van der Waals surface area (Å²) in [5.74, 6) is 1.46. The Bertz CT molecular complexity index is 804. The van der Waals surface area contributed by atoms with Crippen molar-refractivity contribution in [2.45, 2.75) is 31.7 Å². The van der Waals surface area contributed by atoms with Gasteiger partial charge in [-0.15, -0.1) is 0 Å². The van der Waals surface area contributed by atoms with Gasteiger partial charge < -0.3 is 19.7 Å². The molecule has 0 aliphatic carbocycles. The van der Waals surface area contributed by atoms with E-state index in [4.69, 9.17) is 9.47 Å². The summed E-state index contributed by atoms with van der Waals surface area (Å²) in [6.45, 7) is 9.50. The smallest absolute Gasteiger partial charge is 0.278 e. The first-order valence-corrected chi connectivity index (χ1v) is 11.2. The summed E-state index contributed by atoms with van der Waals surface area (Å²) in [5, 5.41) is 2.96. The van der Waals surface area contributed by atoms with Crippen molar-refractivity contribution >= 4 is 15.9 Å². The van der Waals surface area contributed by atoms with Crippen LogP contribution in [-0.4, -0.2) is 70.6 Å². The first-order chi connectivity index (χ1) is 13.3. The second-order valence-corrected chi connectivity index (χ2v) is 9.67. The van der Waals surface area contributed by atoms with Gasteiger partial charge in [0.05, 0.1) is 31.1 Å². The van der Waals surface area contributed by atoms with Gasteiger partial charge in [-0.1, -0.05) is 13.8 Å². The van der Waals surface area contributed by atoms with Crippen molar-refractivity contribution in [1.29, 1.82) is 0 Å². The maximum absolute atomic E-state index is 13.0. The summed E-state index contributed by atoms with van der Waals surface area (Å²) in [4.78, 5) is 13.6. The molecule has 0 spiro atoms. The third-order valence-electron chi connectivity index (χ3n) is 5.21. The molecule has 28 heavy (non-hydrogen) atoms. The van der Waals surface area contributed by atoms with Crippen LogP contribution in [0.15, 0.2) is 23.1 Å². The van der Waals surface area contributed by atoms with Gasteiger partial charge in [0.1, 0.15) is 13.2 Å². The number of nitrogens with zero attached hydrogens (tertiary/aromatic N) is 1. The van der Waals surface area contributed by atoms with E-state index >= 15 is 0 Å². The number of carbonyl (C=O) groups excluding carboxylic acids is 1. The molecule has 1 aromatic rings. The molecule has 3 rings (SSSR count). The van der Waals surface area contributed by atoms with Crippen molar-refractivity contribution in [2.24, 2.45) is 5.92 Å². The maximum atomic E-state index is 13.0. The number of carbonyl (C=O) groups is 1. The second-order valence-electron chi connectivity index (χ2n) is 7.73. The molecule has 0 radical (unpaired) electrons. The van der Waals surface area contributed by atoms with Gasteiger partial charge in [-0.2, -0.15) is 4.31 Å². The molecule has 1 atom stereocenters. The van der Waals surface area contributed by atoms with Gasteiger partial charge in [0.15, 0.2) is 17.5 Å². The van der Waals surface area contributed by atoms with E-state index in [1.54, 1.807) is 12.1 Å². The van der Waals surface area contributed by atoms with E-state index in [9.17, 15) is 13.2 Å². The molecule has 1 fully saturated rings. The fourth-order valence-corrected chi connectivity index (χ4v) is 4.88. The zero-order valence-corrected chi connectivity index (χ0v) is 17.5. The monoisotopic (exact) mass is 412 g/mol.